The zero-order chi connectivity index (χ0) is 29.0. The molecule has 14 nitrogen and oxygen atoms in total. The van der Waals surface area contributed by atoms with Crippen molar-refractivity contribution >= 4 is 35.6 Å². The van der Waals surface area contributed by atoms with Gasteiger partial charge < -0.3 is 42.7 Å². The second kappa shape index (κ2) is 15.1. The number of hydrogen-bond donors (Lipinski definition) is 8. The first-order chi connectivity index (χ1) is 17.7. The number of carbonyl (C=O) groups is 6. The molecule has 0 heterocycles. The first kappa shape index (κ1) is 31.8. The Morgan fingerprint density at radius 2 is 1.37 bits per heavy atom. The average molecular weight is 538 g/mol. The largest absolute Gasteiger partial charge is 0.508 e. The predicted molar refractivity (Wildman–Crippen MR) is 133 cm³/mol. The molecule has 4 amide bonds. The molecule has 0 fully saturated rings. The second-order valence-electron chi connectivity index (χ2n) is 9.23. The first-order valence-corrected chi connectivity index (χ1v) is 11.9. The second-order valence-corrected chi connectivity index (χ2v) is 9.23. The van der Waals surface area contributed by atoms with Gasteiger partial charge in [0.15, 0.2) is 0 Å². The van der Waals surface area contributed by atoms with E-state index in [2.05, 4.69) is 16.0 Å². The van der Waals surface area contributed by atoms with Crippen molar-refractivity contribution in [1.82, 2.24) is 16.0 Å². The Hall–Kier alpha value is -4.20. The summed E-state index contributed by atoms with van der Waals surface area (Å²) in [5.74, 6) is -6.31. The van der Waals surface area contributed by atoms with Crippen LogP contribution in [0.1, 0.15) is 45.1 Å². The lowest BCUT2D eigenvalue weighted by Gasteiger charge is -2.25. The number of carbonyl (C=O) groups excluding carboxylic acids is 4. The zero-order valence-electron chi connectivity index (χ0n) is 21.2. The minimum atomic E-state index is -1.64. The summed E-state index contributed by atoms with van der Waals surface area (Å²) in [6.07, 6.45) is -1.22. The maximum Gasteiger partial charge on any atom is 0.326 e. The van der Waals surface area contributed by atoms with Crippen LogP contribution < -0.4 is 27.4 Å². The smallest absolute Gasteiger partial charge is 0.326 e. The standard InChI is InChI=1S/C24H35N5O9/c1-12(2)9-18(24(37)38)29-22(35)16(10-13-3-5-14(30)6-4-13)28-23(36)17(11-20(32)33)27-21(34)15(25)7-8-19(26)31/h3-6,12,15-18,30H,7-11,25H2,1-2H3,(H2,26,31)(H,27,34)(H,28,36)(H,29,35)(H,32,33)(H,37,38). The van der Waals surface area contributed by atoms with Gasteiger partial charge in [-0.05, 0) is 36.5 Å². The van der Waals surface area contributed by atoms with E-state index in [1.807, 2.05) is 0 Å². The van der Waals surface area contributed by atoms with Crippen molar-refractivity contribution < 1.29 is 44.1 Å². The van der Waals surface area contributed by atoms with Crippen LogP contribution in [-0.4, -0.2) is 75.1 Å². The predicted octanol–water partition coefficient (Wildman–Crippen LogP) is -1.41. The average Bonchev–Trinajstić information content (AvgIpc) is 2.81. The Bertz CT molecular complexity index is 1010. The molecule has 4 unspecified atom stereocenters. The molecule has 210 valence electrons. The number of carboxylic acid groups (broad SMARTS) is 2. The highest BCUT2D eigenvalue weighted by Crippen LogP contribution is 2.13. The number of nitrogens with two attached hydrogens (primary N) is 2. The number of carboxylic acids is 2. The highest BCUT2D eigenvalue weighted by atomic mass is 16.4. The highest BCUT2D eigenvalue weighted by molar-refractivity contribution is 5.95. The van der Waals surface area contributed by atoms with E-state index in [0.717, 1.165) is 0 Å². The van der Waals surface area contributed by atoms with Crippen molar-refractivity contribution in [3.05, 3.63) is 29.8 Å². The molecule has 1 aromatic carbocycles. The van der Waals surface area contributed by atoms with Gasteiger partial charge >= 0.3 is 11.9 Å². The summed E-state index contributed by atoms with van der Waals surface area (Å²) in [5, 5.41) is 35.2. The Morgan fingerprint density at radius 1 is 0.842 bits per heavy atom. The zero-order valence-corrected chi connectivity index (χ0v) is 21.2. The maximum absolute atomic E-state index is 13.1. The number of aliphatic carboxylic acids is 2. The number of nitrogens with one attached hydrogen (secondary N) is 3. The summed E-state index contributed by atoms with van der Waals surface area (Å²) in [6.45, 7) is 3.54. The lowest BCUT2D eigenvalue weighted by Crippen LogP contribution is -2.58. The molecular weight excluding hydrogens is 502 g/mol. The molecule has 0 saturated carbocycles. The van der Waals surface area contributed by atoms with Crippen molar-refractivity contribution in [2.75, 3.05) is 0 Å². The van der Waals surface area contributed by atoms with Crippen LogP contribution in [0.4, 0.5) is 0 Å². The van der Waals surface area contributed by atoms with E-state index < -0.39 is 66.2 Å². The van der Waals surface area contributed by atoms with Crippen LogP contribution in [0.5, 0.6) is 5.75 Å². The fourth-order valence-electron chi connectivity index (χ4n) is 3.41. The van der Waals surface area contributed by atoms with Gasteiger partial charge in [-0.2, -0.15) is 0 Å². The molecule has 38 heavy (non-hydrogen) atoms. The highest BCUT2D eigenvalue weighted by Gasteiger charge is 2.32. The van der Waals surface area contributed by atoms with Gasteiger partial charge in [-0.3, -0.25) is 24.0 Å². The van der Waals surface area contributed by atoms with Crippen LogP contribution in [0.15, 0.2) is 24.3 Å². The fraction of sp³-hybridized carbons (Fsp3) is 0.500. The molecule has 14 heteroatoms. The molecule has 0 saturated heterocycles. The number of phenolic OH excluding ortho intramolecular Hbond substituents is 1. The SMILES string of the molecule is CC(C)CC(NC(=O)C(Cc1ccc(O)cc1)NC(=O)C(CC(=O)O)NC(=O)C(N)CCC(N)=O)C(=O)O. The summed E-state index contributed by atoms with van der Waals surface area (Å²) in [5.41, 5.74) is 11.2. The van der Waals surface area contributed by atoms with Gasteiger partial charge in [0.05, 0.1) is 12.5 Å². The van der Waals surface area contributed by atoms with Crippen LogP contribution in [0, 0.1) is 5.92 Å². The van der Waals surface area contributed by atoms with E-state index in [1.165, 1.54) is 24.3 Å². The first-order valence-electron chi connectivity index (χ1n) is 11.9. The molecule has 0 aliphatic rings. The van der Waals surface area contributed by atoms with Gasteiger partial charge in [-0.1, -0.05) is 26.0 Å². The van der Waals surface area contributed by atoms with Crippen LogP contribution >= 0.6 is 0 Å². The molecule has 0 aliphatic heterocycles. The lowest BCUT2D eigenvalue weighted by molar-refractivity contribution is -0.143. The summed E-state index contributed by atoms with van der Waals surface area (Å²) in [6, 6.07) is 0.169. The van der Waals surface area contributed by atoms with E-state index in [0.29, 0.717) is 5.56 Å². The third-order valence-electron chi connectivity index (χ3n) is 5.38. The molecule has 0 spiro atoms. The minimum absolute atomic E-state index is 0.0430. The quantitative estimate of drug-likeness (QED) is 0.122. The van der Waals surface area contributed by atoms with Crippen molar-refractivity contribution in [2.45, 2.75) is 70.1 Å². The topological polar surface area (TPSA) is 251 Å². The molecule has 0 aliphatic carbocycles. The van der Waals surface area contributed by atoms with Gasteiger partial charge in [-0.15, -0.1) is 0 Å². The molecule has 0 radical (unpaired) electrons. The number of aromatic hydroxyl groups is 1. The molecule has 0 aromatic heterocycles. The minimum Gasteiger partial charge on any atom is -0.508 e. The number of hydrogen-bond acceptors (Lipinski definition) is 8. The van der Waals surface area contributed by atoms with E-state index in [9.17, 15) is 44.1 Å². The summed E-state index contributed by atoms with van der Waals surface area (Å²) in [4.78, 5) is 72.4. The molecule has 4 atom stereocenters. The number of primary amides is 1. The third-order valence-corrected chi connectivity index (χ3v) is 5.38. The Balaban J connectivity index is 3.15. The van der Waals surface area contributed by atoms with Crippen molar-refractivity contribution in [1.29, 1.82) is 0 Å². The van der Waals surface area contributed by atoms with Crippen molar-refractivity contribution in [3.8, 4) is 5.75 Å². The number of benzene rings is 1. The Labute approximate surface area is 219 Å². The molecule has 10 N–H and O–H groups in total. The van der Waals surface area contributed by atoms with Crippen molar-refractivity contribution in [2.24, 2.45) is 17.4 Å². The monoisotopic (exact) mass is 537 g/mol. The summed E-state index contributed by atoms with van der Waals surface area (Å²) >= 11 is 0. The van der Waals surface area contributed by atoms with Gasteiger partial charge in [-0.25, -0.2) is 4.79 Å². The Morgan fingerprint density at radius 3 is 1.87 bits per heavy atom. The lowest BCUT2D eigenvalue weighted by atomic mass is 10.0. The number of rotatable bonds is 16. The van der Waals surface area contributed by atoms with Gasteiger partial charge in [0.2, 0.25) is 23.6 Å². The Kier molecular flexibility index (Phi) is 12.7. The van der Waals surface area contributed by atoms with E-state index >= 15 is 0 Å². The van der Waals surface area contributed by atoms with Crippen LogP contribution in [-0.2, 0) is 35.2 Å². The van der Waals surface area contributed by atoms with E-state index in [4.69, 9.17) is 11.5 Å². The fourth-order valence-corrected chi connectivity index (χ4v) is 3.41. The van der Waals surface area contributed by atoms with E-state index in [-0.39, 0.29) is 37.4 Å². The number of amides is 4. The normalized spacial score (nSPS) is 14.0. The number of phenols is 1. The van der Waals surface area contributed by atoms with Crippen LogP contribution in [0.3, 0.4) is 0 Å². The molecule has 1 aromatic rings. The third kappa shape index (κ3) is 11.7. The maximum atomic E-state index is 13.1. The molecule has 0 bridgehead atoms. The van der Waals surface area contributed by atoms with Crippen LogP contribution in [0.2, 0.25) is 0 Å². The van der Waals surface area contributed by atoms with Gasteiger partial charge in [0, 0.05) is 12.8 Å². The van der Waals surface area contributed by atoms with Gasteiger partial charge in [0.25, 0.3) is 0 Å². The van der Waals surface area contributed by atoms with Gasteiger partial charge in [0.1, 0.15) is 23.9 Å². The van der Waals surface area contributed by atoms with Crippen molar-refractivity contribution in [3.63, 3.8) is 0 Å². The summed E-state index contributed by atoms with van der Waals surface area (Å²) < 4.78 is 0. The molecule has 1 rings (SSSR count). The summed E-state index contributed by atoms with van der Waals surface area (Å²) in [7, 11) is 0. The van der Waals surface area contributed by atoms with E-state index in [1.54, 1.807) is 13.8 Å². The van der Waals surface area contributed by atoms with Crippen LogP contribution in [0.25, 0.3) is 0 Å². The molecular formula is C24H35N5O9.